The van der Waals surface area contributed by atoms with Gasteiger partial charge in [0.15, 0.2) is 5.65 Å². The second kappa shape index (κ2) is 3.86. The van der Waals surface area contributed by atoms with Crippen molar-refractivity contribution in [3.8, 4) is 0 Å². The van der Waals surface area contributed by atoms with Gasteiger partial charge < -0.3 is 5.11 Å². The molecule has 1 N–H and O–H groups in total. The minimum absolute atomic E-state index is 0.00618. The number of fused-ring (bicyclic) bond motifs is 1. The fourth-order valence-electron chi connectivity index (χ4n) is 2.48. The molecule has 2 aromatic rings. The molecule has 0 aliphatic heterocycles. The largest absolute Gasteiger partial charge is 0.390 e. The van der Waals surface area contributed by atoms with Crippen molar-refractivity contribution in [2.45, 2.75) is 31.4 Å². The first-order valence-electron chi connectivity index (χ1n) is 5.71. The number of nitrogens with zero attached hydrogens (tertiary/aromatic N) is 3. The van der Waals surface area contributed by atoms with Gasteiger partial charge in [-0.25, -0.2) is 9.97 Å². The van der Waals surface area contributed by atoms with Crippen molar-refractivity contribution in [2.24, 2.45) is 0 Å². The van der Waals surface area contributed by atoms with Crippen LogP contribution in [0.25, 0.3) is 11.2 Å². The maximum atomic E-state index is 11.9. The summed E-state index contributed by atoms with van der Waals surface area (Å²) >= 11 is 3.33. The van der Waals surface area contributed by atoms with Gasteiger partial charge in [0.25, 0.3) is 5.56 Å². The fraction of sp³-hybridized carbons (Fsp3) is 0.417. The molecule has 0 atom stereocenters. The van der Waals surface area contributed by atoms with E-state index >= 15 is 0 Å². The zero-order valence-corrected chi connectivity index (χ0v) is 11.4. The molecule has 1 aliphatic rings. The Morgan fingerprint density at radius 3 is 2.83 bits per heavy atom. The van der Waals surface area contributed by atoms with Gasteiger partial charge in [-0.2, -0.15) is 0 Å². The first-order valence-corrected chi connectivity index (χ1v) is 6.51. The predicted molar refractivity (Wildman–Crippen MR) is 70.4 cm³/mol. The van der Waals surface area contributed by atoms with Crippen LogP contribution in [0.4, 0.5) is 0 Å². The quantitative estimate of drug-likeness (QED) is 0.869. The molecule has 94 valence electrons. The first-order chi connectivity index (χ1) is 8.46. The number of hydrogen-bond acceptors (Lipinski definition) is 4. The Labute approximate surface area is 112 Å². The van der Waals surface area contributed by atoms with E-state index in [0.29, 0.717) is 24.0 Å². The van der Waals surface area contributed by atoms with Crippen molar-refractivity contribution in [1.29, 1.82) is 0 Å². The maximum absolute atomic E-state index is 11.9. The molecule has 0 spiro atoms. The second-order valence-electron chi connectivity index (χ2n) is 5.02. The van der Waals surface area contributed by atoms with Gasteiger partial charge in [-0.15, -0.1) is 0 Å². The number of hydrogen-bond donors (Lipinski definition) is 1. The van der Waals surface area contributed by atoms with Gasteiger partial charge in [0.2, 0.25) is 0 Å². The monoisotopic (exact) mass is 309 g/mol. The summed E-state index contributed by atoms with van der Waals surface area (Å²) in [6.07, 6.45) is 4.10. The van der Waals surface area contributed by atoms with E-state index in [-0.39, 0.29) is 11.6 Å². The number of rotatable bonds is 1. The third-order valence-electron chi connectivity index (χ3n) is 3.31. The van der Waals surface area contributed by atoms with E-state index in [1.807, 2.05) is 6.07 Å². The molecule has 2 aromatic heterocycles. The molecule has 18 heavy (non-hydrogen) atoms. The third kappa shape index (κ3) is 1.85. The average Bonchev–Trinajstić information content (AvgIpc) is 2.26. The lowest BCUT2D eigenvalue weighted by molar-refractivity contribution is -0.0507. The molecule has 0 aromatic carbocycles. The Morgan fingerprint density at radius 2 is 2.17 bits per heavy atom. The highest BCUT2D eigenvalue weighted by Crippen LogP contribution is 2.40. The lowest BCUT2D eigenvalue weighted by Crippen LogP contribution is -2.45. The minimum atomic E-state index is -0.672. The molecular formula is C12H12BrN3O2. The van der Waals surface area contributed by atoms with E-state index in [0.717, 1.165) is 4.47 Å². The molecule has 0 saturated heterocycles. The Morgan fingerprint density at radius 1 is 1.44 bits per heavy atom. The van der Waals surface area contributed by atoms with Crippen LogP contribution in [0.3, 0.4) is 0 Å². The SMILES string of the molecule is CC1(O)CC(n2c(=O)cnc3cc(Br)cnc32)C1. The molecule has 0 radical (unpaired) electrons. The van der Waals surface area contributed by atoms with Gasteiger partial charge in [0.1, 0.15) is 5.52 Å². The Bertz CT molecular complexity index is 673. The van der Waals surface area contributed by atoms with Crippen molar-refractivity contribution in [2.75, 3.05) is 0 Å². The predicted octanol–water partition coefficient (Wildman–Crippen LogP) is 1.64. The van der Waals surface area contributed by atoms with Crippen LogP contribution in [-0.4, -0.2) is 25.2 Å². The number of pyridine rings is 1. The van der Waals surface area contributed by atoms with Crippen molar-refractivity contribution < 1.29 is 5.11 Å². The van der Waals surface area contributed by atoms with E-state index in [1.54, 1.807) is 17.7 Å². The van der Waals surface area contributed by atoms with Crippen molar-refractivity contribution in [3.63, 3.8) is 0 Å². The normalized spacial score (nSPS) is 27.2. The average molecular weight is 310 g/mol. The highest BCUT2D eigenvalue weighted by molar-refractivity contribution is 9.10. The van der Waals surface area contributed by atoms with E-state index in [1.165, 1.54) is 6.20 Å². The Balaban J connectivity index is 2.16. The lowest BCUT2D eigenvalue weighted by atomic mass is 9.77. The third-order valence-corrected chi connectivity index (χ3v) is 3.74. The molecule has 1 saturated carbocycles. The highest BCUT2D eigenvalue weighted by Gasteiger charge is 2.40. The standard InChI is InChI=1S/C12H12BrN3O2/c1-12(18)3-8(4-12)16-10(17)6-14-9-2-7(13)5-15-11(9)16/h2,5-6,8,18H,3-4H2,1H3. The number of aliphatic hydroxyl groups is 1. The van der Waals surface area contributed by atoms with Crippen molar-refractivity contribution >= 4 is 27.1 Å². The van der Waals surface area contributed by atoms with Gasteiger partial charge in [0.05, 0.1) is 11.8 Å². The smallest absolute Gasteiger partial charge is 0.270 e. The van der Waals surface area contributed by atoms with Crippen LogP contribution < -0.4 is 5.56 Å². The number of aromatic nitrogens is 3. The summed E-state index contributed by atoms with van der Waals surface area (Å²) in [6, 6.07) is 1.83. The van der Waals surface area contributed by atoms with Gasteiger partial charge >= 0.3 is 0 Å². The van der Waals surface area contributed by atoms with E-state index in [9.17, 15) is 9.90 Å². The second-order valence-corrected chi connectivity index (χ2v) is 5.94. The number of halogens is 1. The van der Waals surface area contributed by atoms with Crippen molar-refractivity contribution in [1.82, 2.24) is 14.5 Å². The van der Waals surface area contributed by atoms with E-state index in [2.05, 4.69) is 25.9 Å². The molecule has 2 heterocycles. The summed E-state index contributed by atoms with van der Waals surface area (Å²) < 4.78 is 2.46. The summed E-state index contributed by atoms with van der Waals surface area (Å²) in [5.74, 6) is 0. The van der Waals surface area contributed by atoms with Gasteiger partial charge in [0, 0.05) is 16.7 Å². The van der Waals surface area contributed by atoms with Gasteiger partial charge in [-0.1, -0.05) is 0 Å². The van der Waals surface area contributed by atoms with E-state index in [4.69, 9.17) is 0 Å². The summed E-state index contributed by atoms with van der Waals surface area (Å²) in [7, 11) is 0. The molecular weight excluding hydrogens is 298 g/mol. The summed E-state index contributed by atoms with van der Waals surface area (Å²) in [5.41, 5.74) is 0.411. The van der Waals surface area contributed by atoms with Crippen LogP contribution in [0.2, 0.25) is 0 Å². The van der Waals surface area contributed by atoms with Crippen LogP contribution in [-0.2, 0) is 0 Å². The molecule has 0 bridgehead atoms. The zero-order valence-electron chi connectivity index (χ0n) is 9.80. The van der Waals surface area contributed by atoms with E-state index < -0.39 is 5.60 Å². The van der Waals surface area contributed by atoms with Crippen LogP contribution in [0, 0.1) is 0 Å². The van der Waals surface area contributed by atoms with Crippen LogP contribution in [0.1, 0.15) is 25.8 Å². The topological polar surface area (TPSA) is 68.0 Å². The molecule has 5 nitrogen and oxygen atoms in total. The Kier molecular flexibility index (Phi) is 2.53. The summed E-state index contributed by atoms with van der Waals surface area (Å²) in [6.45, 7) is 1.78. The molecule has 1 aliphatic carbocycles. The van der Waals surface area contributed by atoms with Crippen LogP contribution in [0.5, 0.6) is 0 Å². The lowest BCUT2D eigenvalue weighted by Gasteiger charge is -2.41. The van der Waals surface area contributed by atoms with Crippen LogP contribution >= 0.6 is 15.9 Å². The Hall–Kier alpha value is -1.27. The molecule has 0 unspecified atom stereocenters. The highest BCUT2D eigenvalue weighted by atomic mass is 79.9. The molecule has 3 rings (SSSR count). The van der Waals surface area contributed by atoms with Crippen LogP contribution in [0.15, 0.2) is 27.7 Å². The summed E-state index contributed by atoms with van der Waals surface area (Å²) in [5, 5.41) is 9.79. The molecule has 1 fully saturated rings. The summed E-state index contributed by atoms with van der Waals surface area (Å²) in [4.78, 5) is 20.3. The molecule has 6 heteroatoms. The zero-order chi connectivity index (χ0) is 12.9. The maximum Gasteiger partial charge on any atom is 0.270 e. The minimum Gasteiger partial charge on any atom is -0.390 e. The van der Waals surface area contributed by atoms with Gasteiger partial charge in [-0.3, -0.25) is 9.36 Å². The van der Waals surface area contributed by atoms with Gasteiger partial charge in [-0.05, 0) is 41.8 Å². The fourth-order valence-corrected chi connectivity index (χ4v) is 2.80. The van der Waals surface area contributed by atoms with Crippen molar-refractivity contribution in [3.05, 3.63) is 33.3 Å². The first kappa shape index (κ1) is 11.8. The molecule has 0 amide bonds.